The van der Waals surface area contributed by atoms with E-state index < -0.39 is 0 Å². The van der Waals surface area contributed by atoms with Crippen molar-refractivity contribution in [2.24, 2.45) is 5.92 Å². The first-order valence-electron chi connectivity index (χ1n) is 5.76. The lowest BCUT2D eigenvalue weighted by Gasteiger charge is -2.25. The number of ether oxygens (including phenoxy) is 1. The molecule has 94 valence electrons. The van der Waals surface area contributed by atoms with Crippen molar-refractivity contribution in [3.8, 4) is 17.4 Å². The van der Waals surface area contributed by atoms with Crippen molar-refractivity contribution in [1.29, 1.82) is 0 Å². The van der Waals surface area contributed by atoms with Crippen LogP contribution < -0.4 is 10.1 Å². The van der Waals surface area contributed by atoms with E-state index in [-0.39, 0.29) is 0 Å². The first kappa shape index (κ1) is 11.1. The molecule has 1 aliphatic rings. The second kappa shape index (κ2) is 4.69. The Morgan fingerprint density at radius 2 is 2.28 bits per heavy atom. The van der Waals surface area contributed by atoms with Crippen molar-refractivity contribution in [3.63, 3.8) is 0 Å². The van der Waals surface area contributed by atoms with Crippen LogP contribution in [0.2, 0.25) is 0 Å². The highest BCUT2D eigenvalue weighted by atomic mass is 16.5. The fourth-order valence-electron chi connectivity index (χ4n) is 1.73. The molecule has 0 radical (unpaired) electrons. The molecule has 18 heavy (non-hydrogen) atoms. The summed E-state index contributed by atoms with van der Waals surface area (Å²) in [5, 5.41) is 15.0. The van der Waals surface area contributed by atoms with Crippen LogP contribution in [0.1, 0.15) is 5.89 Å². The van der Waals surface area contributed by atoms with E-state index in [2.05, 4.69) is 25.7 Å². The Hall–Kier alpha value is -2.02. The van der Waals surface area contributed by atoms with E-state index in [9.17, 15) is 0 Å². The largest absolute Gasteiger partial charge is 0.480 e. The maximum absolute atomic E-state index is 5.19. The molecular formula is C11H13N5O2. The SMILES string of the molecule is COc1ccc(-c2noc(CC3CNC3)n2)nn1. The first-order chi connectivity index (χ1) is 8.85. The van der Waals surface area contributed by atoms with Crippen LogP contribution in [0.5, 0.6) is 5.88 Å². The second-order valence-corrected chi connectivity index (χ2v) is 4.20. The Bertz CT molecular complexity index is 520. The van der Waals surface area contributed by atoms with Crippen LogP contribution >= 0.6 is 0 Å². The lowest BCUT2D eigenvalue weighted by molar-refractivity contribution is 0.296. The molecule has 0 unspecified atom stereocenters. The Labute approximate surface area is 104 Å². The average molecular weight is 247 g/mol. The van der Waals surface area contributed by atoms with Gasteiger partial charge in [-0.25, -0.2) is 0 Å². The number of hydrogen-bond acceptors (Lipinski definition) is 7. The highest BCUT2D eigenvalue weighted by molar-refractivity contribution is 5.47. The van der Waals surface area contributed by atoms with Gasteiger partial charge in [-0.2, -0.15) is 4.98 Å². The molecule has 3 rings (SSSR count). The van der Waals surface area contributed by atoms with Crippen LogP contribution in [0.3, 0.4) is 0 Å². The zero-order valence-corrected chi connectivity index (χ0v) is 9.96. The minimum absolute atomic E-state index is 0.461. The molecule has 1 aliphatic heterocycles. The highest BCUT2D eigenvalue weighted by Gasteiger charge is 2.20. The standard InChI is InChI=1S/C11H13N5O2/c1-17-9-3-2-8(14-15-9)11-13-10(18-16-11)4-7-5-12-6-7/h2-3,7,12H,4-6H2,1H3. The Morgan fingerprint density at radius 1 is 1.39 bits per heavy atom. The fourth-order valence-corrected chi connectivity index (χ4v) is 1.73. The minimum atomic E-state index is 0.461. The van der Waals surface area contributed by atoms with Gasteiger partial charge in [-0.1, -0.05) is 5.16 Å². The number of methoxy groups -OCH3 is 1. The lowest BCUT2D eigenvalue weighted by Crippen LogP contribution is -2.43. The number of nitrogens with one attached hydrogen (secondary N) is 1. The molecule has 0 saturated carbocycles. The fraction of sp³-hybridized carbons (Fsp3) is 0.455. The second-order valence-electron chi connectivity index (χ2n) is 4.20. The summed E-state index contributed by atoms with van der Waals surface area (Å²) in [6, 6.07) is 3.47. The van der Waals surface area contributed by atoms with Gasteiger partial charge in [0.1, 0.15) is 5.69 Å². The molecule has 1 fully saturated rings. The summed E-state index contributed by atoms with van der Waals surface area (Å²) in [5.41, 5.74) is 0.581. The van der Waals surface area contributed by atoms with Crippen molar-refractivity contribution in [2.45, 2.75) is 6.42 Å². The molecule has 0 bridgehead atoms. The molecule has 0 aliphatic carbocycles. The van der Waals surface area contributed by atoms with Crippen LogP contribution in [0, 0.1) is 5.92 Å². The van der Waals surface area contributed by atoms with Gasteiger partial charge in [-0.05, 0) is 25.1 Å². The van der Waals surface area contributed by atoms with E-state index in [1.54, 1.807) is 19.2 Å². The summed E-state index contributed by atoms with van der Waals surface area (Å²) in [5.74, 6) is 2.17. The number of nitrogens with zero attached hydrogens (tertiary/aromatic N) is 4. The molecule has 0 spiro atoms. The van der Waals surface area contributed by atoms with Crippen molar-refractivity contribution < 1.29 is 9.26 Å². The monoisotopic (exact) mass is 247 g/mol. The first-order valence-corrected chi connectivity index (χ1v) is 5.76. The van der Waals surface area contributed by atoms with Gasteiger partial charge in [0, 0.05) is 12.5 Å². The third-order valence-electron chi connectivity index (χ3n) is 2.88. The van der Waals surface area contributed by atoms with E-state index in [0.717, 1.165) is 19.5 Å². The van der Waals surface area contributed by atoms with Gasteiger partial charge >= 0.3 is 0 Å². The van der Waals surface area contributed by atoms with E-state index >= 15 is 0 Å². The summed E-state index contributed by atoms with van der Waals surface area (Å²) < 4.78 is 10.1. The molecule has 1 saturated heterocycles. The van der Waals surface area contributed by atoms with Gasteiger partial charge in [0.15, 0.2) is 0 Å². The van der Waals surface area contributed by atoms with E-state index in [1.807, 2.05) is 0 Å². The third kappa shape index (κ3) is 2.17. The predicted octanol–water partition coefficient (Wildman–Crippen LogP) is 0.297. The topological polar surface area (TPSA) is 86.0 Å². The summed E-state index contributed by atoms with van der Waals surface area (Å²) in [6.07, 6.45) is 0.809. The maximum atomic E-state index is 5.19. The van der Waals surface area contributed by atoms with Gasteiger partial charge in [0.25, 0.3) is 0 Å². The van der Waals surface area contributed by atoms with Crippen molar-refractivity contribution in [2.75, 3.05) is 20.2 Å². The van der Waals surface area contributed by atoms with Crippen LogP contribution in [-0.4, -0.2) is 40.5 Å². The molecular weight excluding hydrogens is 234 g/mol. The third-order valence-corrected chi connectivity index (χ3v) is 2.88. The van der Waals surface area contributed by atoms with Crippen molar-refractivity contribution >= 4 is 0 Å². The minimum Gasteiger partial charge on any atom is -0.480 e. The van der Waals surface area contributed by atoms with Crippen molar-refractivity contribution in [3.05, 3.63) is 18.0 Å². The Balaban J connectivity index is 1.74. The van der Waals surface area contributed by atoms with Crippen molar-refractivity contribution in [1.82, 2.24) is 25.7 Å². The van der Waals surface area contributed by atoms with E-state index in [4.69, 9.17) is 9.26 Å². The van der Waals surface area contributed by atoms with Gasteiger partial charge in [0.05, 0.1) is 7.11 Å². The van der Waals surface area contributed by atoms with E-state index in [0.29, 0.717) is 29.2 Å². The quantitative estimate of drug-likeness (QED) is 0.831. The average Bonchev–Trinajstić information content (AvgIpc) is 2.83. The van der Waals surface area contributed by atoms with Gasteiger partial charge < -0.3 is 14.6 Å². The van der Waals surface area contributed by atoms with Gasteiger partial charge in [-0.3, -0.25) is 0 Å². The summed E-state index contributed by atoms with van der Waals surface area (Å²) >= 11 is 0. The zero-order chi connectivity index (χ0) is 12.4. The maximum Gasteiger partial charge on any atom is 0.233 e. The Kier molecular flexibility index (Phi) is 2.89. The molecule has 2 aromatic rings. The normalized spacial score (nSPS) is 15.4. The predicted molar refractivity (Wildman–Crippen MR) is 61.9 cm³/mol. The molecule has 2 aromatic heterocycles. The molecule has 0 aromatic carbocycles. The molecule has 1 N–H and O–H groups in total. The van der Waals surface area contributed by atoms with Gasteiger partial charge in [0.2, 0.25) is 17.6 Å². The number of hydrogen-bond donors (Lipinski definition) is 1. The highest BCUT2D eigenvalue weighted by Crippen LogP contribution is 2.16. The van der Waals surface area contributed by atoms with Gasteiger partial charge in [-0.15, -0.1) is 10.2 Å². The lowest BCUT2D eigenvalue weighted by atomic mass is 10.00. The summed E-state index contributed by atoms with van der Waals surface area (Å²) in [6.45, 7) is 2.03. The number of aromatic nitrogens is 4. The molecule has 7 heteroatoms. The molecule has 7 nitrogen and oxygen atoms in total. The molecule has 0 amide bonds. The summed E-state index contributed by atoms with van der Waals surface area (Å²) in [4.78, 5) is 4.31. The smallest absolute Gasteiger partial charge is 0.233 e. The van der Waals surface area contributed by atoms with Crippen LogP contribution in [0.25, 0.3) is 11.5 Å². The van der Waals surface area contributed by atoms with Crippen LogP contribution in [0.15, 0.2) is 16.7 Å². The van der Waals surface area contributed by atoms with Crippen LogP contribution in [0.4, 0.5) is 0 Å². The summed E-state index contributed by atoms with van der Waals surface area (Å²) in [7, 11) is 1.54. The molecule has 0 atom stereocenters. The Morgan fingerprint density at radius 3 is 2.89 bits per heavy atom. The molecule has 3 heterocycles. The van der Waals surface area contributed by atoms with Crippen LogP contribution in [-0.2, 0) is 6.42 Å². The number of rotatable bonds is 4. The zero-order valence-electron chi connectivity index (χ0n) is 9.96. The van der Waals surface area contributed by atoms with E-state index in [1.165, 1.54) is 0 Å².